The third-order valence-corrected chi connectivity index (χ3v) is 3.31. The summed E-state index contributed by atoms with van der Waals surface area (Å²) in [6.07, 6.45) is 6.22. The van der Waals surface area contributed by atoms with Gasteiger partial charge in [-0.3, -0.25) is 4.79 Å². The molecule has 0 spiro atoms. The van der Waals surface area contributed by atoms with Crippen LogP contribution in [0.1, 0.15) is 59.3 Å². The van der Waals surface area contributed by atoms with Gasteiger partial charge >= 0.3 is 0 Å². The zero-order chi connectivity index (χ0) is 13.1. The van der Waals surface area contributed by atoms with Gasteiger partial charge in [0.1, 0.15) is 0 Å². The molecular weight excluding hydrogens is 212 g/mol. The summed E-state index contributed by atoms with van der Waals surface area (Å²) in [5, 5.41) is 0. The van der Waals surface area contributed by atoms with Crippen molar-refractivity contribution in [2.75, 3.05) is 19.6 Å². The van der Waals surface area contributed by atoms with E-state index in [-0.39, 0.29) is 0 Å². The van der Waals surface area contributed by atoms with Crippen molar-refractivity contribution in [1.82, 2.24) is 4.90 Å². The monoisotopic (exact) mass is 242 g/mol. The number of carbonyl (C=O) groups excluding carboxylic acids is 1. The van der Waals surface area contributed by atoms with Crippen molar-refractivity contribution >= 4 is 5.91 Å². The molecule has 17 heavy (non-hydrogen) atoms. The molecule has 0 fully saturated rings. The van der Waals surface area contributed by atoms with Crippen molar-refractivity contribution in [1.29, 1.82) is 0 Å². The third-order valence-electron chi connectivity index (χ3n) is 3.31. The average Bonchev–Trinajstić information content (AvgIpc) is 2.34. The number of hydrogen-bond donors (Lipinski definition) is 1. The minimum absolute atomic E-state index is 0.320. The van der Waals surface area contributed by atoms with Gasteiger partial charge in [-0.2, -0.15) is 0 Å². The molecule has 3 heteroatoms. The molecule has 0 aromatic rings. The quantitative estimate of drug-likeness (QED) is 0.599. The standard InChI is InChI=1S/C14H30N2O/c1-4-13(3)12-16(5-2)14(17)10-8-6-7-9-11-15/h13H,4-12,15H2,1-3H3. The Kier molecular flexibility index (Phi) is 10.2. The van der Waals surface area contributed by atoms with Crippen LogP contribution in [0.5, 0.6) is 0 Å². The summed E-state index contributed by atoms with van der Waals surface area (Å²) in [5.41, 5.74) is 5.44. The van der Waals surface area contributed by atoms with Crippen LogP contribution in [-0.4, -0.2) is 30.4 Å². The molecule has 2 N–H and O–H groups in total. The van der Waals surface area contributed by atoms with Gasteiger partial charge in [0.15, 0.2) is 0 Å². The summed E-state index contributed by atoms with van der Waals surface area (Å²) in [4.78, 5) is 14.0. The lowest BCUT2D eigenvalue weighted by Gasteiger charge is -2.24. The van der Waals surface area contributed by atoms with Crippen LogP contribution in [0.25, 0.3) is 0 Å². The smallest absolute Gasteiger partial charge is 0.222 e. The number of amides is 1. The van der Waals surface area contributed by atoms with Crippen LogP contribution in [0, 0.1) is 5.92 Å². The van der Waals surface area contributed by atoms with E-state index >= 15 is 0 Å². The van der Waals surface area contributed by atoms with Crippen molar-refractivity contribution in [3.8, 4) is 0 Å². The molecule has 102 valence electrons. The highest BCUT2D eigenvalue weighted by Crippen LogP contribution is 2.09. The molecule has 0 rings (SSSR count). The first-order valence-corrected chi connectivity index (χ1v) is 7.13. The van der Waals surface area contributed by atoms with Gasteiger partial charge < -0.3 is 10.6 Å². The van der Waals surface area contributed by atoms with E-state index in [0.29, 0.717) is 18.2 Å². The number of unbranched alkanes of at least 4 members (excludes halogenated alkanes) is 3. The van der Waals surface area contributed by atoms with Gasteiger partial charge in [0.2, 0.25) is 5.91 Å². The lowest BCUT2D eigenvalue weighted by molar-refractivity contribution is -0.131. The summed E-state index contributed by atoms with van der Waals surface area (Å²) in [6.45, 7) is 8.96. The molecule has 0 aromatic heterocycles. The second-order valence-electron chi connectivity index (χ2n) is 4.90. The highest BCUT2D eigenvalue weighted by molar-refractivity contribution is 5.76. The first kappa shape index (κ1) is 16.4. The minimum Gasteiger partial charge on any atom is -0.343 e. The predicted octanol–water partition coefficient (Wildman–Crippen LogP) is 2.79. The Balaban J connectivity index is 3.76. The third kappa shape index (κ3) is 8.19. The number of nitrogens with zero attached hydrogens (tertiary/aromatic N) is 1. The van der Waals surface area contributed by atoms with Crippen molar-refractivity contribution in [2.24, 2.45) is 11.7 Å². The first-order valence-electron chi connectivity index (χ1n) is 7.13. The summed E-state index contributed by atoms with van der Waals surface area (Å²) in [6, 6.07) is 0. The van der Waals surface area contributed by atoms with Crippen molar-refractivity contribution in [2.45, 2.75) is 59.3 Å². The molecule has 3 nitrogen and oxygen atoms in total. The van der Waals surface area contributed by atoms with Gasteiger partial charge in [0.25, 0.3) is 0 Å². The Morgan fingerprint density at radius 1 is 1.18 bits per heavy atom. The summed E-state index contributed by atoms with van der Waals surface area (Å²) in [7, 11) is 0. The van der Waals surface area contributed by atoms with Crippen LogP contribution in [-0.2, 0) is 4.79 Å². The minimum atomic E-state index is 0.320. The van der Waals surface area contributed by atoms with E-state index in [9.17, 15) is 4.79 Å². The molecule has 0 aliphatic carbocycles. The number of rotatable bonds is 10. The van der Waals surface area contributed by atoms with Crippen LogP contribution in [0.3, 0.4) is 0 Å². The second-order valence-corrected chi connectivity index (χ2v) is 4.90. The average molecular weight is 242 g/mol. The lowest BCUT2D eigenvalue weighted by atomic mass is 10.1. The Bertz CT molecular complexity index is 195. The van der Waals surface area contributed by atoms with Crippen LogP contribution in [0.4, 0.5) is 0 Å². The van der Waals surface area contributed by atoms with Gasteiger partial charge in [0.05, 0.1) is 0 Å². The lowest BCUT2D eigenvalue weighted by Crippen LogP contribution is -2.34. The molecule has 1 unspecified atom stereocenters. The van der Waals surface area contributed by atoms with Crippen molar-refractivity contribution in [3.05, 3.63) is 0 Å². The van der Waals surface area contributed by atoms with Crippen LogP contribution < -0.4 is 5.73 Å². The molecule has 0 radical (unpaired) electrons. The molecule has 0 aliphatic heterocycles. The fourth-order valence-electron chi connectivity index (χ4n) is 1.84. The van der Waals surface area contributed by atoms with Gasteiger partial charge in [-0.05, 0) is 32.2 Å². The second kappa shape index (κ2) is 10.6. The molecular formula is C14H30N2O. The highest BCUT2D eigenvalue weighted by atomic mass is 16.2. The Morgan fingerprint density at radius 2 is 1.82 bits per heavy atom. The first-order chi connectivity index (χ1) is 8.15. The van der Waals surface area contributed by atoms with Gasteiger partial charge in [-0.15, -0.1) is 0 Å². The van der Waals surface area contributed by atoms with Crippen molar-refractivity contribution < 1.29 is 4.79 Å². The van der Waals surface area contributed by atoms with E-state index < -0.39 is 0 Å². The van der Waals surface area contributed by atoms with E-state index in [1.54, 1.807) is 0 Å². The van der Waals surface area contributed by atoms with E-state index in [2.05, 4.69) is 20.8 Å². The van der Waals surface area contributed by atoms with E-state index in [0.717, 1.165) is 51.7 Å². The number of carbonyl (C=O) groups is 1. The molecule has 0 saturated heterocycles. The Hall–Kier alpha value is -0.570. The Morgan fingerprint density at radius 3 is 2.35 bits per heavy atom. The Labute approximate surface area is 107 Å². The van der Waals surface area contributed by atoms with Crippen molar-refractivity contribution in [3.63, 3.8) is 0 Å². The highest BCUT2D eigenvalue weighted by Gasteiger charge is 2.13. The molecule has 0 aromatic carbocycles. The van der Waals surface area contributed by atoms with E-state index in [1.807, 2.05) is 4.90 Å². The normalized spacial score (nSPS) is 12.5. The SMILES string of the molecule is CCC(C)CN(CC)C(=O)CCCCCCN. The summed E-state index contributed by atoms with van der Waals surface area (Å²) < 4.78 is 0. The van der Waals surface area contributed by atoms with Gasteiger partial charge in [-0.25, -0.2) is 0 Å². The van der Waals surface area contributed by atoms with Gasteiger partial charge in [0, 0.05) is 19.5 Å². The zero-order valence-electron chi connectivity index (χ0n) is 11.9. The number of hydrogen-bond acceptors (Lipinski definition) is 2. The molecule has 0 saturated carbocycles. The predicted molar refractivity (Wildman–Crippen MR) is 73.8 cm³/mol. The largest absolute Gasteiger partial charge is 0.343 e. The summed E-state index contributed by atoms with van der Waals surface area (Å²) in [5.74, 6) is 0.927. The molecule has 1 amide bonds. The topological polar surface area (TPSA) is 46.3 Å². The summed E-state index contributed by atoms with van der Waals surface area (Å²) >= 11 is 0. The van der Waals surface area contributed by atoms with Crippen LogP contribution >= 0.6 is 0 Å². The van der Waals surface area contributed by atoms with E-state index in [1.165, 1.54) is 0 Å². The molecule has 1 atom stereocenters. The number of nitrogens with two attached hydrogens (primary N) is 1. The molecule has 0 heterocycles. The van der Waals surface area contributed by atoms with Crippen LogP contribution in [0.15, 0.2) is 0 Å². The molecule has 0 aliphatic rings. The molecule has 0 bridgehead atoms. The fraction of sp³-hybridized carbons (Fsp3) is 0.929. The fourth-order valence-corrected chi connectivity index (χ4v) is 1.84. The maximum Gasteiger partial charge on any atom is 0.222 e. The maximum atomic E-state index is 12.0. The van der Waals surface area contributed by atoms with Gasteiger partial charge in [-0.1, -0.05) is 33.1 Å². The van der Waals surface area contributed by atoms with E-state index in [4.69, 9.17) is 5.73 Å². The maximum absolute atomic E-state index is 12.0. The zero-order valence-corrected chi connectivity index (χ0v) is 11.9. The van der Waals surface area contributed by atoms with Crippen LogP contribution in [0.2, 0.25) is 0 Å².